The minimum absolute atomic E-state index is 0.0488. The molecule has 2 N–H and O–H groups in total. The Morgan fingerprint density at radius 2 is 1.96 bits per heavy atom. The van der Waals surface area contributed by atoms with Crippen molar-refractivity contribution in [2.45, 2.75) is 6.92 Å². The second-order valence-corrected chi connectivity index (χ2v) is 4.79. The number of nitrogen functional groups attached to an aromatic ring is 1. The third kappa shape index (κ3) is 3.81. The predicted molar refractivity (Wildman–Crippen MR) is 87.6 cm³/mol. The van der Waals surface area contributed by atoms with Gasteiger partial charge in [0.05, 0.1) is 12.8 Å². The van der Waals surface area contributed by atoms with Crippen LogP contribution in [0, 0.1) is 22.7 Å². The average molecular weight is 305 g/mol. The van der Waals surface area contributed by atoms with Gasteiger partial charge in [-0.3, -0.25) is 0 Å². The number of nitriles is 2. The number of rotatable bonds is 3. The molecule has 0 fully saturated rings. The number of nitrogens with two attached hydrogens (primary N) is 1. The Kier molecular flexibility index (Phi) is 4.86. The first-order chi connectivity index (χ1) is 11.1. The van der Waals surface area contributed by atoms with E-state index < -0.39 is 0 Å². The van der Waals surface area contributed by atoms with Crippen molar-refractivity contribution in [1.82, 2.24) is 0 Å². The quantitative estimate of drug-likeness (QED) is 0.682. The van der Waals surface area contributed by atoms with Gasteiger partial charge in [-0.2, -0.15) is 10.5 Å². The molecule has 0 spiro atoms. The smallest absolute Gasteiger partial charge is 0.142 e. The summed E-state index contributed by atoms with van der Waals surface area (Å²) in [4.78, 5) is 0. The Labute approximate surface area is 134 Å². The number of benzene rings is 1. The van der Waals surface area contributed by atoms with E-state index in [1.54, 1.807) is 38.3 Å². The van der Waals surface area contributed by atoms with Crippen LogP contribution in [0.4, 0.5) is 5.69 Å². The molecule has 0 bridgehead atoms. The monoisotopic (exact) mass is 305 g/mol. The molecule has 1 aliphatic rings. The van der Waals surface area contributed by atoms with E-state index in [0.29, 0.717) is 28.5 Å². The van der Waals surface area contributed by atoms with Crippen molar-refractivity contribution >= 4 is 11.8 Å². The van der Waals surface area contributed by atoms with E-state index in [4.69, 9.17) is 25.7 Å². The second-order valence-electron chi connectivity index (χ2n) is 4.79. The molecule has 1 aliphatic heterocycles. The van der Waals surface area contributed by atoms with Gasteiger partial charge in [-0.05, 0) is 42.8 Å². The van der Waals surface area contributed by atoms with Gasteiger partial charge in [-0.1, -0.05) is 12.1 Å². The van der Waals surface area contributed by atoms with Crippen LogP contribution in [0.15, 0.2) is 59.1 Å². The summed E-state index contributed by atoms with van der Waals surface area (Å²) in [5, 5.41) is 17.9. The molecule has 1 aromatic rings. The third-order valence-corrected chi connectivity index (χ3v) is 3.15. The van der Waals surface area contributed by atoms with Crippen LogP contribution in [0.1, 0.15) is 12.5 Å². The molecule has 5 heteroatoms. The lowest BCUT2D eigenvalue weighted by molar-refractivity contribution is 0.318. The number of anilines is 1. The van der Waals surface area contributed by atoms with E-state index in [0.717, 1.165) is 5.56 Å². The molecule has 0 saturated carbocycles. The highest BCUT2D eigenvalue weighted by atomic mass is 16.5. The maximum absolute atomic E-state index is 8.97. The van der Waals surface area contributed by atoms with E-state index in [-0.39, 0.29) is 5.57 Å². The van der Waals surface area contributed by atoms with Crippen LogP contribution in [0.25, 0.3) is 6.08 Å². The summed E-state index contributed by atoms with van der Waals surface area (Å²) >= 11 is 0. The van der Waals surface area contributed by atoms with Crippen LogP contribution in [0.2, 0.25) is 0 Å². The minimum atomic E-state index is 0.0488. The summed E-state index contributed by atoms with van der Waals surface area (Å²) < 4.78 is 10.8. The van der Waals surface area contributed by atoms with Crippen LogP contribution in [-0.2, 0) is 4.74 Å². The molecule has 0 unspecified atom stereocenters. The Hall–Kier alpha value is -3.44. The highest BCUT2D eigenvalue weighted by Crippen LogP contribution is 2.25. The normalized spacial score (nSPS) is 13.5. The van der Waals surface area contributed by atoms with Gasteiger partial charge in [0.2, 0.25) is 0 Å². The summed E-state index contributed by atoms with van der Waals surface area (Å²) in [7, 11) is 1.56. The first kappa shape index (κ1) is 15.9. The fourth-order valence-corrected chi connectivity index (χ4v) is 2.05. The van der Waals surface area contributed by atoms with Gasteiger partial charge in [-0.15, -0.1) is 0 Å². The zero-order chi connectivity index (χ0) is 16.8. The molecule has 114 valence electrons. The number of ether oxygens (including phenoxy) is 2. The van der Waals surface area contributed by atoms with Gasteiger partial charge in [0, 0.05) is 5.57 Å². The molecule has 1 heterocycles. The summed E-state index contributed by atoms with van der Waals surface area (Å²) in [6, 6.07) is 9.18. The zero-order valence-corrected chi connectivity index (χ0v) is 12.8. The van der Waals surface area contributed by atoms with Crippen molar-refractivity contribution in [3.63, 3.8) is 0 Å². The minimum Gasteiger partial charge on any atom is -0.495 e. The van der Waals surface area contributed by atoms with Crippen LogP contribution >= 0.6 is 0 Å². The Bertz CT molecular complexity index is 815. The molecule has 0 aliphatic carbocycles. The van der Waals surface area contributed by atoms with Crippen molar-refractivity contribution in [2.75, 3.05) is 12.8 Å². The zero-order valence-electron chi connectivity index (χ0n) is 12.8. The maximum atomic E-state index is 8.97. The molecule has 0 saturated heterocycles. The van der Waals surface area contributed by atoms with Crippen LogP contribution in [-0.4, -0.2) is 7.11 Å². The summed E-state index contributed by atoms with van der Waals surface area (Å²) in [6.07, 6.45) is 6.90. The van der Waals surface area contributed by atoms with E-state index in [2.05, 4.69) is 0 Å². The largest absolute Gasteiger partial charge is 0.495 e. The number of hydrogen-bond acceptors (Lipinski definition) is 5. The van der Waals surface area contributed by atoms with E-state index in [1.807, 2.05) is 30.3 Å². The van der Waals surface area contributed by atoms with Crippen molar-refractivity contribution in [1.29, 1.82) is 10.5 Å². The van der Waals surface area contributed by atoms with Gasteiger partial charge in [0.1, 0.15) is 35.0 Å². The molecule has 23 heavy (non-hydrogen) atoms. The molecule has 1 aromatic carbocycles. The highest BCUT2D eigenvalue weighted by Gasteiger charge is 2.10. The number of allylic oxidation sites excluding steroid dienone is 6. The van der Waals surface area contributed by atoms with E-state index >= 15 is 0 Å². The second kappa shape index (κ2) is 7.02. The lowest BCUT2D eigenvalue weighted by Gasteiger charge is -2.13. The van der Waals surface area contributed by atoms with E-state index in [1.165, 1.54) is 0 Å². The van der Waals surface area contributed by atoms with Gasteiger partial charge in [-0.25, -0.2) is 0 Å². The van der Waals surface area contributed by atoms with Crippen molar-refractivity contribution in [3.8, 4) is 17.9 Å². The lowest BCUT2D eigenvalue weighted by atomic mass is 10.1. The molecular formula is C18H15N3O2. The average Bonchev–Trinajstić information content (AvgIpc) is 2.55. The Morgan fingerprint density at radius 3 is 2.61 bits per heavy atom. The van der Waals surface area contributed by atoms with Crippen molar-refractivity contribution in [3.05, 3.63) is 64.7 Å². The topological polar surface area (TPSA) is 92.1 Å². The highest BCUT2D eigenvalue weighted by molar-refractivity contribution is 5.63. The fraction of sp³-hybridized carbons (Fsp3) is 0.111. The molecule has 2 rings (SSSR count). The first-order valence-corrected chi connectivity index (χ1v) is 6.81. The van der Waals surface area contributed by atoms with Gasteiger partial charge >= 0.3 is 0 Å². The van der Waals surface area contributed by atoms with Gasteiger partial charge in [0.15, 0.2) is 0 Å². The predicted octanol–water partition coefficient (Wildman–Crippen LogP) is 3.45. The molecule has 0 amide bonds. The standard InChI is InChI=1S/C18H15N3O2/c1-12-7-14(15(10-19)11-20)9-16(23-12)5-3-13-4-6-17(21)18(8-13)22-2/h3-9H,21H2,1-2H3/b5-3+. The first-order valence-electron chi connectivity index (χ1n) is 6.81. The van der Waals surface area contributed by atoms with Crippen LogP contribution < -0.4 is 10.5 Å². The van der Waals surface area contributed by atoms with Crippen molar-refractivity contribution < 1.29 is 9.47 Å². The third-order valence-electron chi connectivity index (χ3n) is 3.15. The Morgan fingerprint density at radius 1 is 1.22 bits per heavy atom. The summed E-state index contributed by atoms with van der Waals surface area (Å²) in [5.74, 6) is 1.75. The summed E-state index contributed by atoms with van der Waals surface area (Å²) in [6.45, 7) is 1.76. The lowest BCUT2D eigenvalue weighted by Crippen LogP contribution is -1.97. The molecular weight excluding hydrogens is 290 g/mol. The maximum Gasteiger partial charge on any atom is 0.142 e. The number of nitrogens with zero attached hydrogens (tertiary/aromatic N) is 2. The Balaban J connectivity index is 2.31. The fourth-order valence-electron chi connectivity index (χ4n) is 2.05. The number of methoxy groups -OCH3 is 1. The summed E-state index contributed by atoms with van der Waals surface area (Å²) in [5.41, 5.74) is 7.82. The SMILES string of the molecule is COc1cc(/C=C/C2=CC(=C(C#N)C#N)C=C(C)O2)ccc1N. The van der Waals surface area contributed by atoms with Crippen molar-refractivity contribution in [2.24, 2.45) is 0 Å². The van der Waals surface area contributed by atoms with Gasteiger partial charge in [0.25, 0.3) is 0 Å². The molecule has 0 aromatic heterocycles. The van der Waals surface area contributed by atoms with E-state index in [9.17, 15) is 0 Å². The number of hydrogen-bond donors (Lipinski definition) is 1. The van der Waals surface area contributed by atoms with Crippen LogP contribution in [0.3, 0.4) is 0 Å². The van der Waals surface area contributed by atoms with Gasteiger partial charge < -0.3 is 15.2 Å². The van der Waals surface area contributed by atoms with Crippen LogP contribution in [0.5, 0.6) is 5.75 Å². The molecule has 5 nitrogen and oxygen atoms in total. The molecule has 0 atom stereocenters. The molecule has 0 radical (unpaired) electrons.